The van der Waals surface area contributed by atoms with Gasteiger partial charge in [0.05, 0.1) is 11.0 Å². The molecule has 0 aliphatic carbocycles. The lowest BCUT2D eigenvalue weighted by Gasteiger charge is -2.33. The van der Waals surface area contributed by atoms with Crippen molar-refractivity contribution in [2.75, 3.05) is 5.73 Å². The van der Waals surface area contributed by atoms with E-state index in [4.69, 9.17) is 42.4 Å². The Bertz CT molecular complexity index is 597. The zero-order valence-electron chi connectivity index (χ0n) is 10.2. The van der Waals surface area contributed by atoms with Crippen molar-refractivity contribution in [3.05, 3.63) is 29.3 Å². The van der Waals surface area contributed by atoms with Crippen LogP contribution in [0.1, 0.15) is 24.0 Å². The van der Waals surface area contributed by atoms with Gasteiger partial charge in [-0.05, 0) is 12.5 Å². The Morgan fingerprint density at radius 1 is 1.26 bits per heavy atom. The molecule has 2 aliphatic heterocycles. The SMILES string of the molecule is Nc1cccc2c1CN(C1CCC(=S)NC1=S)C2=S. The molecule has 1 fully saturated rings. The smallest absolute Gasteiger partial charge is 0.110 e. The lowest BCUT2D eigenvalue weighted by Crippen LogP contribution is -2.50. The van der Waals surface area contributed by atoms with Gasteiger partial charge >= 0.3 is 0 Å². The lowest BCUT2D eigenvalue weighted by molar-refractivity contribution is 0.371. The first-order chi connectivity index (χ1) is 9.08. The van der Waals surface area contributed by atoms with Crippen molar-refractivity contribution < 1.29 is 0 Å². The molecule has 2 aliphatic rings. The summed E-state index contributed by atoms with van der Waals surface area (Å²) < 4.78 is 0. The van der Waals surface area contributed by atoms with E-state index in [9.17, 15) is 0 Å². The second-order valence-electron chi connectivity index (χ2n) is 4.77. The minimum absolute atomic E-state index is 0.126. The third-order valence-electron chi connectivity index (χ3n) is 3.62. The van der Waals surface area contributed by atoms with Crippen LogP contribution in [0.15, 0.2) is 18.2 Å². The summed E-state index contributed by atoms with van der Waals surface area (Å²) in [4.78, 5) is 4.59. The van der Waals surface area contributed by atoms with E-state index in [1.54, 1.807) is 0 Å². The number of nitrogens with two attached hydrogens (primary N) is 1. The van der Waals surface area contributed by atoms with Crippen LogP contribution < -0.4 is 11.1 Å². The molecule has 1 atom stereocenters. The number of piperidine rings is 1. The van der Waals surface area contributed by atoms with Crippen molar-refractivity contribution in [1.82, 2.24) is 10.2 Å². The largest absolute Gasteiger partial charge is 0.398 e. The predicted molar refractivity (Wildman–Crippen MR) is 89.5 cm³/mol. The monoisotopic (exact) mass is 307 g/mol. The van der Waals surface area contributed by atoms with Gasteiger partial charge in [-0.25, -0.2) is 0 Å². The first-order valence-electron chi connectivity index (χ1n) is 6.10. The standard InChI is InChI=1S/C13H13N3S3/c14-9-3-1-2-7-8(9)6-16(13(7)19)10-4-5-11(17)15-12(10)18/h1-3,10H,4-6,14H2,(H,15,17,18). The molecule has 0 bridgehead atoms. The molecule has 0 amide bonds. The van der Waals surface area contributed by atoms with Crippen LogP contribution in [-0.4, -0.2) is 25.9 Å². The Morgan fingerprint density at radius 3 is 2.74 bits per heavy atom. The van der Waals surface area contributed by atoms with Crippen molar-refractivity contribution in [1.29, 1.82) is 0 Å². The molecule has 0 saturated carbocycles. The van der Waals surface area contributed by atoms with Crippen LogP contribution in [0.2, 0.25) is 0 Å². The molecule has 2 heterocycles. The van der Waals surface area contributed by atoms with Crippen LogP contribution in [0.4, 0.5) is 5.69 Å². The topological polar surface area (TPSA) is 41.3 Å². The molecule has 1 unspecified atom stereocenters. The van der Waals surface area contributed by atoms with Crippen molar-refractivity contribution >= 4 is 57.3 Å². The van der Waals surface area contributed by atoms with E-state index in [1.807, 2.05) is 18.2 Å². The molecule has 0 spiro atoms. The van der Waals surface area contributed by atoms with E-state index in [1.165, 1.54) is 0 Å². The Balaban J connectivity index is 1.90. The number of nitrogens with zero attached hydrogens (tertiary/aromatic N) is 1. The van der Waals surface area contributed by atoms with Crippen molar-refractivity contribution in [3.8, 4) is 0 Å². The second kappa shape index (κ2) is 4.77. The van der Waals surface area contributed by atoms with Crippen molar-refractivity contribution in [2.24, 2.45) is 0 Å². The lowest BCUT2D eigenvalue weighted by atomic mass is 10.1. The number of rotatable bonds is 1. The number of hydrogen-bond acceptors (Lipinski definition) is 4. The first kappa shape index (κ1) is 12.9. The molecule has 1 saturated heterocycles. The summed E-state index contributed by atoms with van der Waals surface area (Å²) in [5.41, 5.74) is 9.00. The van der Waals surface area contributed by atoms with Gasteiger partial charge in [0, 0.05) is 29.8 Å². The van der Waals surface area contributed by atoms with Crippen LogP contribution in [0, 0.1) is 0 Å². The minimum atomic E-state index is 0.126. The number of benzene rings is 1. The van der Waals surface area contributed by atoms with E-state index in [2.05, 4.69) is 10.2 Å². The third-order valence-corrected chi connectivity index (χ3v) is 4.75. The van der Waals surface area contributed by atoms with Crippen molar-refractivity contribution in [2.45, 2.75) is 25.4 Å². The summed E-state index contributed by atoms with van der Waals surface area (Å²) in [6, 6.07) is 6.01. The predicted octanol–water partition coefficient (Wildman–Crippen LogP) is 2.17. The summed E-state index contributed by atoms with van der Waals surface area (Å²) in [6.07, 6.45) is 1.77. The molecule has 6 heteroatoms. The molecule has 0 radical (unpaired) electrons. The molecule has 1 aromatic carbocycles. The van der Waals surface area contributed by atoms with E-state index in [-0.39, 0.29) is 6.04 Å². The Kier molecular flexibility index (Phi) is 3.24. The van der Waals surface area contributed by atoms with Gasteiger partial charge in [0.2, 0.25) is 0 Å². The number of nitrogens with one attached hydrogen (secondary N) is 1. The highest BCUT2D eigenvalue weighted by atomic mass is 32.1. The maximum Gasteiger partial charge on any atom is 0.110 e. The normalized spacial score (nSPS) is 22.4. The maximum atomic E-state index is 6.03. The molecule has 19 heavy (non-hydrogen) atoms. The summed E-state index contributed by atoms with van der Waals surface area (Å²) in [5, 5.41) is 3.10. The Labute approximate surface area is 128 Å². The van der Waals surface area contributed by atoms with Crippen LogP contribution in [0.3, 0.4) is 0 Å². The molecular formula is C13H13N3S3. The highest BCUT2D eigenvalue weighted by Gasteiger charge is 2.34. The molecular weight excluding hydrogens is 294 g/mol. The Hall–Kier alpha value is -1.11. The molecule has 98 valence electrons. The van der Waals surface area contributed by atoms with Crippen molar-refractivity contribution in [3.63, 3.8) is 0 Å². The van der Waals surface area contributed by atoms with E-state index in [0.717, 1.165) is 51.2 Å². The van der Waals surface area contributed by atoms with Gasteiger partial charge in [-0.1, -0.05) is 48.8 Å². The van der Waals surface area contributed by atoms with Crippen LogP contribution in [0.25, 0.3) is 0 Å². The molecule has 3 N–H and O–H groups in total. The first-order valence-corrected chi connectivity index (χ1v) is 7.32. The van der Waals surface area contributed by atoms with E-state index in [0.29, 0.717) is 0 Å². The zero-order valence-corrected chi connectivity index (χ0v) is 12.6. The molecule has 3 nitrogen and oxygen atoms in total. The maximum absolute atomic E-state index is 6.03. The second-order valence-corrected chi connectivity index (χ2v) is 6.09. The van der Waals surface area contributed by atoms with Gasteiger partial charge < -0.3 is 16.0 Å². The number of thiocarbonyl (C=S) groups is 3. The molecule has 0 aromatic heterocycles. The number of nitrogen functional groups attached to an aromatic ring is 1. The Morgan fingerprint density at radius 2 is 2.05 bits per heavy atom. The summed E-state index contributed by atoms with van der Waals surface area (Å²) in [6.45, 7) is 0.736. The fourth-order valence-corrected chi connectivity index (χ4v) is 3.65. The van der Waals surface area contributed by atoms with E-state index < -0.39 is 0 Å². The van der Waals surface area contributed by atoms with Crippen LogP contribution in [-0.2, 0) is 6.54 Å². The molecule has 1 aromatic rings. The van der Waals surface area contributed by atoms with Gasteiger partial charge in [0.25, 0.3) is 0 Å². The van der Waals surface area contributed by atoms with Gasteiger partial charge in [0.15, 0.2) is 0 Å². The summed E-state index contributed by atoms with van der Waals surface area (Å²) >= 11 is 16.1. The quantitative estimate of drug-likeness (QED) is 0.612. The molecule has 3 rings (SSSR count). The highest BCUT2D eigenvalue weighted by Crippen LogP contribution is 2.31. The fourth-order valence-electron chi connectivity index (χ4n) is 2.61. The fraction of sp³-hybridized carbons (Fsp3) is 0.308. The third kappa shape index (κ3) is 2.13. The summed E-state index contributed by atoms with van der Waals surface area (Å²) in [7, 11) is 0. The number of fused-ring (bicyclic) bond motifs is 1. The summed E-state index contributed by atoms with van der Waals surface area (Å²) in [5.74, 6) is 0. The minimum Gasteiger partial charge on any atom is -0.398 e. The number of hydrogen-bond donors (Lipinski definition) is 2. The highest BCUT2D eigenvalue weighted by molar-refractivity contribution is 7.82. The van der Waals surface area contributed by atoms with Gasteiger partial charge in [-0.2, -0.15) is 0 Å². The van der Waals surface area contributed by atoms with Crippen LogP contribution in [0.5, 0.6) is 0 Å². The van der Waals surface area contributed by atoms with Gasteiger partial charge in [-0.15, -0.1) is 0 Å². The number of anilines is 1. The average Bonchev–Trinajstić information content (AvgIpc) is 2.69. The van der Waals surface area contributed by atoms with Gasteiger partial charge in [-0.3, -0.25) is 0 Å². The van der Waals surface area contributed by atoms with E-state index >= 15 is 0 Å². The van der Waals surface area contributed by atoms with Crippen LogP contribution >= 0.6 is 36.7 Å². The zero-order chi connectivity index (χ0) is 13.6. The van der Waals surface area contributed by atoms with Gasteiger partial charge in [0.1, 0.15) is 9.98 Å². The average molecular weight is 307 g/mol.